The smallest absolute Gasteiger partial charge is 0.310 e. The molecule has 0 heterocycles. The van der Waals surface area contributed by atoms with E-state index in [0.717, 1.165) is 32.1 Å². The maximum atomic E-state index is 12.1. The fourth-order valence-corrected chi connectivity index (χ4v) is 2.77. The first-order chi connectivity index (χ1) is 8.05. The van der Waals surface area contributed by atoms with E-state index in [0.29, 0.717) is 18.9 Å². The van der Waals surface area contributed by atoms with E-state index in [1.165, 1.54) is 0 Å². The summed E-state index contributed by atoms with van der Waals surface area (Å²) in [6.45, 7) is 0. The van der Waals surface area contributed by atoms with E-state index in [1.54, 1.807) is 11.9 Å². The molecule has 4 nitrogen and oxygen atoms in total. The minimum atomic E-state index is -0.783. The number of carboxylic acid groups (broad SMARTS) is 1. The van der Waals surface area contributed by atoms with Crippen LogP contribution in [0, 0.1) is 5.41 Å². The lowest BCUT2D eigenvalue weighted by atomic mass is 9.71. The normalized spacial score (nSPS) is 23.1. The van der Waals surface area contributed by atoms with Gasteiger partial charge in [-0.2, -0.15) is 0 Å². The van der Waals surface area contributed by atoms with Crippen molar-refractivity contribution in [3.63, 3.8) is 0 Å². The average Bonchev–Trinajstić information content (AvgIpc) is 3.13. The first kappa shape index (κ1) is 12.4. The summed E-state index contributed by atoms with van der Waals surface area (Å²) in [4.78, 5) is 25.3. The molecule has 0 radical (unpaired) electrons. The van der Waals surface area contributed by atoms with Gasteiger partial charge in [-0.3, -0.25) is 9.59 Å². The number of hydrogen-bond acceptors (Lipinski definition) is 2. The van der Waals surface area contributed by atoms with Crippen LogP contribution in [0.15, 0.2) is 0 Å². The maximum absolute atomic E-state index is 12.1. The number of amides is 1. The highest BCUT2D eigenvalue weighted by Crippen LogP contribution is 2.40. The van der Waals surface area contributed by atoms with Gasteiger partial charge in [-0.1, -0.05) is 19.3 Å². The Morgan fingerprint density at radius 2 is 1.82 bits per heavy atom. The van der Waals surface area contributed by atoms with Crippen molar-refractivity contribution < 1.29 is 14.7 Å². The maximum Gasteiger partial charge on any atom is 0.310 e. The predicted molar refractivity (Wildman–Crippen MR) is 63.6 cm³/mol. The molecule has 0 bridgehead atoms. The van der Waals surface area contributed by atoms with Crippen molar-refractivity contribution in [3.05, 3.63) is 0 Å². The molecule has 17 heavy (non-hydrogen) atoms. The molecule has 0 atom stereocenters. The van der Waals surface area contributed by atoms with Crippen molar-refractivity contribution in [2.45, 2.75) is 57.4 Å². The summed E-state index contributed by atoms with van der Waals surface area (Å²) in [7, 11) is 1.80. The van der Waals surface area contributed by atoms with Crippen LogP contribution in [0.4, 0.5) is 0 Å². The Morgan fingerprint density at radius 1 is 1.24 bits per heavy atom. The van der Waals surface area contributed by atoms with E-state index in [2.05, 4.69) is 0 Å². The van der Waals surface area contributed by atoms with Crippen LogP contribution in [0.1, 0.15) is 51.4 Å². The van der Waals surface area contributed by atoms with Crippen LogP contribution >= 0.6 is 0 Å². The molecule has 0 aliphatic heterocycles. The lowest BCUT2D eigenvalue weighted by Crippen LogP contribution is -2.40. The third-order valence-electron chi connectivity index (χ3n) is 4.24. The molecule has 2 saturated carbocycles. The Hall–Kier alpha value is -1.06. The molecule has 96 valence electrons. The molecular weight excluding hydrogens is 218 g/mol. The summed E-state index contributed by atoms with van der Waals surface area (Å²) in [5.41, 5.74) is -0.779. The van der Waals surface area contributed by atoms with Gasteiger partial charge < -0.3 is 10.0 Å². The van der Waals surface area contributed by atoms with Gasteiger partial charge in [0.25, 0.3) is 0 Å². The summed E-state index contributed by atoms with van der Waals surface area (Å²) in [6.07, 6.45) is 6.63. The van der Waals surface area contributed by atoms with Gasteiger partial charge in [-0.25, -0.2) is 0 Å². The van der Waals surface area contributed by atoms with Crippen LogP contribution < -0.4 is 0 Å². The van der Waals surface area contributed by atoms with Gasteiger partial charge in [0.1, 0.15) is 0 Å². The third kappa shape index (κ3) is 2.61. The number of carbonyl (C=O) groups excluding carboxylic acids is 1. The standard InChI is InChI=1S/C13H21NO3/c1-14(10-5-6-10)11(15)9-13(12(16)17)7-3-2-4-8-13/h10H,2-9H2,1H3,(H,16,17). The number of nitrogens with zero attached hydrogens (tertiary/aromatic N) is 1. The van der Waals surface area contributed by atoms with Crippen LogP contribution in [0.25, 0.3) is 0 Å². The second-order valence-corrected chi connectivity index (χ2v) is 5.56. The molecule has 2 fully saturated rings. The number of carbonyl (C=O) groups is 2. The highest BCUT2D eigenvalue weighted by molar-refractivity contribution is 5.85. The van der Waals surface area contributed by atoms with Gasteiger partial charge in [0, 0.05) is 19.5 Å². The summed E-state index contributed by atoms with van der Waals surface area (Å²) in [6, 6.07) is 0.372. The quantitative estimate of drug-likeness (QED) is 0.816. The molecule has 1 amide bonds. The minimum Gasteiger partial charge on any atom is -0.481 e. The first-order valence-corrected chi connectivity index (χ1v) is 6.54. The fourth-order valence-electron chi connectivity index (χ4n) is 2.77. The van der Waals surface area contributed by atoms with Crippen molar-refractivity contribution in [2.75, 3.05) is 7.05 Å². The van der Waals surface area contributed by atoms with Crippen LogP contribution in [-0.4, -0.2) is 35.0 Å². The lowest BCUT2D eigenvalue weighted by Gasteiger charge is -2.33. The predicted octanol–water partition coefficient (Wildman–Crippen LogP) is 2.03. The van der Waals surface area contributed by atoms with Crippen molar-refractivity contribution in [2.24, 2.45) is 5.41 Å². The molecule has 0 aromatic rings. The van der Waals surface area contributed by atoms with Crippen LogP contribution in [-0.2, 0) is 9.59 Å². The van der Waals surface area contributed by atoms with Gasteiger partial charge in [0.05, 0.1) is 5.41 Å². The number of carboxylic acids is 1. The molecule has 2 aliphatic rings. The van der Waals surface area contributed by atoms with Crippen molar-refractivity contribution >= 4 is 11.9 Å². The second kappa shape index (κ2) is 4.67. The fraction of sp³-hybridized carbons (Fsp3) is 0.846. The number of rotatable bonds is 4. The largest absolute Gasteiger partial charge is 0.481 e. The average molecular weight is 239 g/mol. The Bertz CT molecular complexity index is 317. The lowest BCUT2D eigenvalue weighted by molar-refractivity contribution is -0.155. The molecule has 0 spiro atoms. The SMILES string of the molecule is CN(C(=O)CC1(C(=O)O)CCCCC1)C1CC1. The van der Waals surface area contributed by atoms with Gasteiger partial charge in [-0.15, -0.1) is 0 Å². The van der Waals surface area contributed by atoms with Gasteiger partial charge in [0.15, 0.2) is 0 Å². The molecule has 0 unspecified atom stereocenters. The van der Waals surface area contributed by atoms with E-state index in [4.69, 9.17) is 0 Å². The van der Waals surface area contributed by atoms with E-state index in [9.17, 15) is 14.7 Å². The van der Waals surface area contributed by atoms with Crippen molar-refractivity contribution in [3.8, 4) is 0 Å². The minimum absolute atomic E-state index is 0.0109. The number of hydrogen-bond donors (Lipinski definition) is 1. The Balaban J connectivity index is 2.01. The zero-order valence-corrected chi connectivity index (χ0v) is 10.4. The van der Waals surface area contributed by atoms with Crippen LogP contribution in [0.3, 0.4) is 0 Å². The molecular formula is C13H21NO3. The van der Waals surface area contributed by atoms with E-state index >= 15 is 0 Å². The van der Waals surface area contributed by atoms with Crippen molar-refractivity contribution in [1.29, 1.82) is 0 Å². The van der Waals surface area contributed by atoms with E-state index in [1.807, 2.05) is 0 Å². The first-order valence-electron chi connectivity index (χ1n) is 6.54. The monoisotopic (exact) mass is 239 g/mol. The summed E-state index contributed by atoms with van der Waals surface area (Å²) >= 11 is 0. The van der Waals surface area contributed by atoms with Crippen molar-refractivity contribution in [1.82, 2.24) is 4.90 Å². The van der Waals surface area contributed by atoms with Gasteiger partial charge in [-0.05, 0) is 25.7 Å². The van der Waals surface area contributed by atoms with E-state index in [-0.39, 0.29) is 12.3 Å². The molecule has 2 aliphatic carbocycles. The van der Waals surface area contributed by atoms with E-state index < -0.39 is 11.4 Å². The Morgan fingerprint density at radius 3 is 2.29 bits per heavy atom. The molecule has 4 heteroatoms. The van der Waals surface area contributed by atoms with Crippen LogP contribution in [0.2, 0.25) is 0 Å². The molecule has 0 aromatic carbocycles. The number of aliphatic carboxylic acids is 1. The third-order valence-corrected chi connectivity index (χ3v) is 4.24. The summed E-state index contributed by atoms with van der Waals surface area (Å²) in [5, 5.41) is 9.40. The highest BCUT2D eigenvalue weighted by atomic mass is 16.4. The summed E-state index contributed by atoms with van der Waals surface area (Å²) in [5.74, 6) is -0.772. The molecule has 0 aromatic heterocycles. The Kier molecular flexibility index (Phi) is 3.40. The second-order valence-electron chi connectivity index (χ2n) is 5.56. The topological polar surface area (TPSA) is 57.6 Å². The van der Waals surface area contributed by atoms with Gasteiger partial charge >= 0.3 is 5.97 Å². The van der Waals surface area contributed by atoms with Gasteiger partial charge in [0.2, 0.25) is 5.91 Å². The summed E-state index contributed by atoms with van der Waals surface area (Å²) < 4.78 is 0. The molecule has 2 rings (SSSR count). The zero-order chi connectivity index (χ0) is 12.5. The highest BCUT2D eigenvalue weighted by Gasteiger charge is 2.43. The molecule has 1 N–H and O–H groups in total. The zero-order valence-electron chi connectivity index (χ0n) is 10.4. The van der Waals surface area contributed by atoms with Crippen LogP contribution in [0.5, 0.6) is 0 Å². The Labute approximate surface area is 102 Å². The molecule has 0 saturated heterocycles.